The third-order valence-electron chi connectivity index (χ3n) is 4.20. The van der Waals surface area contributed by atoms with Crippen LogP contribution in [0.2, 0.25) is 0 Å². The van der Waals surface area contributed by atoms with Gasteiger partial charge in [0.25, 0.3) is 0 Å². The molecule has 2 aliphatic carbocycles. The molecule has 0 saturated heterocycles. The lowest BCUT2D eigenvalue weighted by atomic mass is 9.91. The number of primary amides is 1. The maximum atomic E-state index is 11.5. The lowest BCUT2D eigenvalue weighted by molar-refractivity contribution is -0.121. The number of rotatable bonds is 4. The number of hydrogen-bond donors (Lipinski definition) is 2. The average Bonchev–Trinajstić information content (AvgIpc) is 2.80. The highest BCUT2D eigenvalue weighted by molar-refractivity contribution is 5.80. The molecule has 0 aromatic rings. The fraction of sp³-hybridized carbons (Fsp3) is 0.923. The van der Waals surface area contributed by atoms with E-state index in [4.69, 9.17) is 5.73 Å². The van der Waals surface area contributed by atoms with Crippen LogP contribution in [-0.4, -0.2) is 18.0 Å². The van der Waals surface area contributed by atoms with Crippen LogP contribution in [0.3, 0.4) is 0 Å². The molecule has 2 rings (SSSR count). The van der Waals surface area contributed by atoms with Crippen molar-refractivity contribution in [2.75, 3.05) is 0 Å². The molecule has 2 aliphatic rings. The van der Waals surface area contributed by atoms with E-state index in [1.807, 2.05) is 0 Å². The number of nitrogens with one attached hydrogen (secondary N) is 1. The number of hydrogen-bond acceptors (Lipinski definition) is 2. The third-order valence-corrected chi connectivity index (χ3v) is 4.20. The highest BCUT2D eigenvalue weighted by Crippen LogP contribution is 2.29. The van der Waals surface area contributed by atoms with Gasteiger partial charge in [0.2, 0.25) is 5.91 Å². The summed E-state index contributed by atoms with van der Waals surface area (Å²) in [5.74, 6) is 0.358. The van der Waals surface area contributed by atoms with E-state index in [0.29, 0.717) is 12.0 Å². The van der Waals surface area contributed by atoms with Crippen molar-refractivity contribution in [3.8, 4) is 0 Å². The quantitative estimate of drug-likeness (QED) is 0.767. The van der Waals surface area contributed by atoms with E-state index in [-0.39, 0.29) is 11.9 Å². The summed E-state index contributed by atoms with van der Waals surface area (Å²) in [4.78, 5) is 11.5. The normalized spacial score (nSPS) is 25.8. The molecule has 1 atom stereocenters. The lowest BCUT2D eigenvalue weighted by Gasteiger charge is -2.30. The predicted molar refractivity (Wildman–Crippen MR) is 64.9 cm³/mol. The first-order valence-electron chi connectivity index (χ1n) is 6.83. The number of nitrogens with two attached hydrogens (primary N) is 1. The summed E-state index contributed by atoms with van der Waals surface area (Å²) >= 11 is 0. The van der Waals surface area contributed by atoms with E-state index in [1.165, 1.54) is 57.8 Å². The maximum absolute atomic E-state index is 11.5. The van der Waals surface area contributed by atoms with Gasteiger partial charge in [0.1, 0.15) is 0 Å². The molecule has 0 aliphatic heterocycles. The second kappa shape index (κ2) is 5.67. The van der Waals surface area contributed by atoms with Gasteiger partial charge in [-0.1, -0.05) is 32.1 Å². The molecule has 0 radical (unpaired) electrons. The molecule has 92 valence electrons. The van der Waals surface area contributed by atoms with Crippen LogP contribution in [0.5, 0.6) is 0 Å². The molecule has 1 amide bonds. The lowest BCUT2D eigenvalue weighted by Crippen LogP contribution is -2.50. The van der Waals surface area contributed by atoms with E-state index in [0.717, 1.165) is 0 Å². The zero-order valence-corrected chi connectivity index (χ0v) is 10.1. The highest BCUT2D eigenvalue weighted by atomic mass is 16.1. The van der Waals surface area contributed by atoms with Gasteiger partial charge in [0.15, 0.2) is 0 Å². The zero-order chi connectivity index (χ0) is 11.4. The SMILES string of the molecule is NC(=O)C(NC1CCCCC1)C1CCCC1. The van der Waals surface area contributed by atoms with E-state index in [2.05, 4.69) is 5.32 Å². The fourth-order valence-electron chi connectivity index (χ4n) is 3.26. The Labute approximate surface area is 98.2 Å². The molecule has 3 nitrogen and oxygen atoms in total. The summed E-state index contributed by atoms with van der Waals surface area (Å²) in [7, 11) is 0. The van der Waals surface area contributed by atoms with Gasteiger partial charge in [0, 0.05) is 6.04 Å². The molecule has 0 heterocycles. The van der Waals surface area contributed by atoms with Gasteiger partial charge in [-0.2, -0.15) is 0 Å². The maximum Gasteiger partial charge on any atom is 0.234 e. The first kappa shape index (κ1) is 11.9. The summed E-state index contributed by atoms with van der Waals surface area (Å²) < 4.78 is 0. The molecule has 2 saturated carbocycles. The zero-order valence-electron chi connectivity index (χ0n) is 10.1. The summed E-state index contributed by atoms with van der Waals surface area (Å²) in [6.07, 6.45) is 11.3. The minimum atomic E-state index is -0.141. The monoisotopic (exact) mass is 224 g/mol. The van der Waals surface area contributed by atoms with Crippen molar-refractivity contribution in [2.45, 2.75) is 69.9 Å². The number of carbonyl (C=O) groups is 1. The van der Waals surface area contributed by atoms with Crippen LogP contribution in [0.25, 0.3) is 0 Å². The van der Waals surface area contributed by atoms with E-state index in [9.17, 15) is 4.79 Å². The highest BCUT2D eigenvalue weighted by Gasteiger charge is 2.30. The third kappa shape index (κ3) is 2.97. The summed E-state index contributed by atoms with van der Waals surface area (Å²) in [5.41, 5.74) is 5.53. The van der Waals surface area contributed by atoms with Gasteiger partial charge in [0.05, 0.1) is 6.04 Å². The molecule has 3 N–H and O–H groups in total. The van der Waals surface area contributed by atoms with Crippen molar-refractivity contribution < 1.29 is 4.79 Å². The average molecular weight is 224 g/mol. The Morgan fingerprint density at radius 3 is 2.12 bits per heavy atom. The Kier molecular flexibility index (Phi) is 4.22. The second-order valence-corrected chi connectivity index (χ2v) is 5.43. The van der Waals surface area contributed by atoms with Crippen LogP contribution in [0, 0.1) is 5.92 Å². The topological polar surface area (TPSA) is 55.1 Å². The smallest absolute Gasteiger partial charge is 0.234 e. The Balaban J connectivity index is 1.88. The first-order chi connectivity index (χ1) is 7.77. The number of amides is 1. The van der Waals surface area contributed by atoms with Crippen LogP contribution in [0.15, 0.2) is 0 Å². The van der Waals surface area contributed by atoms with Gasteiger partial charge in [-0.05, 0) is 31.6 Å². The van der Waals surface area contributed by atoms with Crippen LogP contribution in [-0.2, 0) is 4.79 Å². The Bertz CT molecular complexity index is 230. The Morgan fingerprint density at radius 1 is 1.00 bits per heavy atom. The van der Waals surface area contributed by atoms with E-state index < -0.39 is 0 Å². The van der Waals surface area contributed by atoms with Gasteiger partial charge in [-0.15, -0.1) is 0 Å². The van der Waals surface area contributed by atoms with Gasteiger partial charge in [-0.25, -0.2) is 0 Å². The van der Waals surface area contributed by atoms with Gasteiger partial charge >= 0.3 is 0 Å². The largest absolute Gasteiger partial charge is 0.368 e. The number of carbonyl (C=O) groups excluding carboxylic acids is 1. The van der Waals surface area contributed by atoms with Crippen molar-refractivity contribution in [2.24, 2.45) is 11.7 Å². The Hall–Kier alpha value is -0.570. The first-order valence-corrected chi connectivity index (χ1v) is 6.83. The van der Waals surface area contributed by atoms with E-state index >= 15 is 0 Å². The van der Waals surface area contributed by atoms with Crippen molar-refractivity contribution in [3.05, 3.63) is 0 Å². The Morgan fingerprint density at radius 2 is 1.56 bits per heavy atom. The van der Waals surface area contributed by atoms with Crippen LogP contribution in [0.4, 0.5) is 0 Å². The summed E-state index contributed by atoms with van der Waals surface area (Å²) in [6.45, 7) is 0. The summed E-state index contributed by atoms with van der Waals surface area (Å²) in [5, 5.41) is 3.52. The van der Waals surface area contributed by atoms with Crippen LogP contribution in [0.1, 0.15) is 57.8 Å². The standard InChI is InChI=1S/C13H24N2O/c14-13(16)12(10-6-4-5-7-10)15-11-8-2-1-3-9-11/h10-12,15H,1-9H2,(H2,14,16). The second-order valence-electron chi connectivity index (χ2n) is 5.43. The van der Waals surface area contributed by atoms with Crippen molar-refractivity contribution in [1.82, 2.24) is 5.32 Å². The minimum absolute atomic E-state index is 0.0643. The van der Waals surface area contributed by atoms with Crippen LogP contribution >= 0.6 is 0 Å². The van der Waals surface area contributed by atoms with Gasteiger partial charge in [-0.3, -0.25) is 4.79 Å². The molecule has 16 heavy (non-hydrogen) atoms. The molecule has 1 unspecified atom stereocenters. The van der Waals surface area contributed by atoms with E-state index in [1.54, 1.807) is 0 Å². The molecule has 0 aromatic carbocycles. The molecule has 3 heteroatoms. The molecular formula is C13H24N2O. The van der Waals surface area contributed by atoms with Gasteiger partial charge < -0.3 is 11.1 Å². The van der Waals surface area contributed by atoms with Crippen LogP contribution < -0.4 is 11.1 Å². The molecule has 0 spiro atoms. The molecule has 2 fully saturated rings. The fourth-order valence-corrected chi connectivity index (χ4v) is 3.26. The molecule has 0 aromatic heterocycles. The summed E-state index contributed by atoms with van der Waals surface area (Å²) in [6, 6.07) is 0.470. The predicted octanol–water partition coefficient (Wildman–Crippen LogP) is 1.95. The molecular weight excluding hydrogens is 200 g/mol. The van der Waals surface area contributed by atoms with Crippen molar-refractivity contribution in [1.29, 1.82) is 0 Å². The van der Waals surface area contributed by atoms with Crippen molar-refractivity contribution in [3.63, 3.8) is 0 Å². The van der Waals surface area contributed by atoms with Crippen molar-refractivity contribution >= 4 is 5.91 Å². The molecule has 0 bridgehead atoms. The minimum Gasteiger partial charge on any atom is -0.368 e.